The number of esters is 2. The van der Waals surface area contributed by atoms with Crippen LogP contribution in [0.25, 0.3) is 0 Å². The van der Waals surface area contributed by atoms with Crippen molar-refractivity contribution in [2.24, 2.45) is 0 Å². The third-order valence-corrected chi connectivity index (χ3v) is 5.03. The van der Waals surface area contributed by atoms with Crippen LogP contribution in [0.5, 0.6) is 0 Å². The fourth-order valence-corrected chi connectivity index (χ4v) is 3.39. The average Bonchev–Trinajstić information content (AvgIpc) is 3.06. The average molecular weight is 377 g/mol. The van der Waals surface area contributed by atoms with Gasteiger partial charge in [-0.2, -0.15) is 0 Å². The number of carbonyl (C=O) groups is 3. The van der Waals surface area contributed by atoms with Crippen LogP contribution >= 0.6 is 0 Å². The summed E-state index contributed by atoms with van der Waals surface area (Å²) in [5.41, 5.74) is 5.22. The Morgan fingerprint density at radius 2 is 1.86 bits per heavy atom. The smallest absolute Gasteiger partial charge is 0.338 e. The first-order chi connectivity index (χ1) is 13.4. The Morgan fingerprint density at radius 1 is 1.07 bits per heavy atom. The normalized spacial score (nSPS) is 15.3. The Labute approximate surface area is 164 Å². The number of hydrogen-bond donors (Lipinski definition) is 1. The Bertz CT molecular complexity index is 945. The molecule has 1 amide bonds. The summed E-state index contributed by atoms with van der Waals surface area (Å²) < 4.78 is 4.82. The van der Waals surface area contributed by atoms with E-state index in [4.69, 9.17) is 4.74 Å². The molecule has 144 valence electrons. The first-order valence-electron chi connectivity index (χ1n) is 9.31. The van der Waals surface area contributed by atoms with Gasteiger partial charge in [0.1, 0.15) is 0 Å². The zero-order chi connectivity index (χ0) is 20.1. The van der Waals surface area contributed by atoms with E-state index in [1.54, 1.807) is 6.07 Å². The fourth-order valence-electron chi connectivity index (χ4n) is 3.39. The van der Waals surface area contributed by atoms with E-state index in [0.717, 1.165) is 41.7 Å². The van der Waals surface area contributed by atoms with Crippen molar-refractivity contribution in [2.45, 2.75) is 39.0 Å². The van der Waals surface area contributed by atoms with Crippen LogP contribution in [0.1, 0.15) is 41.0 Å². The lowest BCUT2D eigenvalue weighted by atomic mass is 9.98. The number of rotatable bonds is 5. The van der Waals surface area contributed by atoms with Crippen LogP contribution in [0.3, 0.4) is 0 Å². The zero-order valence-corrected chi connectivity index (χ0v) is 16.0. The Kier molecular flexibility index (Phi) is 6.04. The lowest BCUT2D eigenvalue weighted by Gasteiger charge is -2.09. The number of benzene rings is 2. The number of fused-ring (bicyclic) bond motifs is 1. The van der Waals surface area contributed by atoms with E-state index in [-0.39, 0.29) is 12.3 Å². The third-order valence-electron chi connectivity index (χ3n) is 5.03. The molecule has 1 unspecified atom stereocenters. The lowest BCUT2D eigenvalue weighted by Crippen LogP contribution is -2.14. The fraction of sp³-hybridized carbons (Fsp3) is 0.261. The van der Waals surface area contributed by atoms with Gasteiger partial charge in [-0.25, -0.2) is 4.79 Å². The molecule has 0 fully saturated rings. The van der Waals surface area contributed by atoms with Crippen LogP contribution < -0.4 is 5.32 Å². The number of hydrogen-bond acceptors (Lipinski definition) is 4. The number of aryl methyl sites for hydroxylation is 3. The molecule has 0 bridgehead atoms. The molecule has 0 spiro atoms. The quantitative estimate of drug-likeness (QED) is 0.486. The van der Waals surface area contributed by atoms with Crippen molar-refractivity contribution in [3.63, 3.8) is 0 Å². The van der Waals surface area contributed by atoms with Gasteiger partial charge in [-0.15, -0.1) is 0 Å². The van der Waals surface area contributed by atoms with Crippen LogP contribution in [-0.4, -0.2) is 17.8 Å². The van der Waals surface area contributed by atoms with Crippen LogP contribution in [-0.2, 0) is 25.5 Å². The van der Waals surface area contributed by atoms with E-state index in [1.807, 2.05) is 44.2 Å². The summed E-state index contributed by atoms with van der Waals surface area (Å²) in [6.07, 6.45) is 4.00. The molecule has 1 atom stereocenters. The van der Waals surface area contributed by atoms with Gasteiger partial charge >= 0.3 is 11.9 Å². The van der Waals surface area contributed by atoms with Gasteiger partial charge < -0.3 is 10.1 Å². The number of amides is 1. The van der Waals surface area contributed by atoms with Gasteiger partial charge in [0.15, 0.2) is 0 Å². The maximum Gasteiger partial charge on any atom is 0.338 e. The first-order valence-corrected chi connectivity index (χ1v) is 9.31. The summed E-state index contributed by atoms with van der Waals surface area (Å²) in [5.74, 6) is -1.80. The highest BCUT2D eigenvalue weighted by molar-refractivity contribution is 6.03. The molecule has 28 heavy (non-hydrogen) atoms. The molecule has 0 saturated heterocycles. The second-order valence-electron chi connectivity index (χ2n) is 7.05. The van der Waals surface area contributed by atoms with Crippen LogP contribution in [0.15, 0.2) is 54.6 Å². The number of ether oxygens (including phenoxy) is 1. The molecule has 1 aliphatic carbocycles. The molecular weight excluding hydrogens is 354 g/mol. The number of carbonyl (C=O) groups excluding carboxylic acids is 3. The summed E-state index contributed by atoms with van der Waals surface area (Å²) >= 11 is 0. The van der Waals surface area contributed by atoms with Gasteiger partial charge in [0.25, 0.3) is 0 Å². The maximum atomic E-state index is 12.0. The second kappa shape index (κ2) is 8.65. The summed E-state index contributed by atoms with van der Waals surface area (Å²) in [6, 6.07) is 13.5. The molecule has 2 aromatic carbocycles. The van der Waals surface area contributed by atoms with E-state index in [1.165, 1.54) is 5.56 Å². The van der Waals surface area contributed by atoms with Crippen molar-refractivity contribution >= 4 is 23.5 Å². The molecule has 0 aromatic heterocycles. The molecule has 1 aliphatic rings. The Hall–Kier alpha value is -3.21. The highest BCUT2D eigenvalue weighted by Gasteiger charge is 2.25. The van der Waals surface area contributed by atoms with E-state index in [0.29, 0.717) is 5.69 Å². The van der Waals surface area contributed by atoms with Crippen molar-refractivity contribution in [3.8, 4) is 0 Å². The lowest BCUT2D eigenvalue weighted by molar-refractivity contribution is -0.156. The third kappa shape index (κ3) is 4.94. The molecule has 0 radical (unpaired) electrons. The highest BCUT2D eigenvalue weighted by Crippen LogP contribution is 2.35. The summed E-state index contributed by atoms with van der Waals surface area (Å²) in [6.45, 7) is 3.94. The van der Waals surface area contributed by atoms with E-state index in [9.17, 15) is 14.4 Å². The first kappa shape index (κ1) is 19.5. The van der Waals surface area contributed by atoms with E-state index < -0.39 is 17.8 Å². The standard InChI is InChI=1S/C23H23NO4/c1-15-7-10-19(13-16(15)2)24-21(25)11-12-22(26)28-23(27)14-18-9-8-17-5-3-4-6-20(17)18/h3-7,10-13,18H,8-9,14H2,1-2H3,(H,24,25)/b12-11-. The van der Waals surface area contributed by atoms with Gasteiger partial charge in [0.05, 0.1) is 6.42 Å². The van der Waals surface area contributed by atoms with Crippen molar-refractivity contribution in [1.82, 2.24) is 0 Å². The number of nitrogens with one attached hydrogen (secondary N) is 1. The topological polar surface area (TPSA) is 72.5 Å². The predicted molar refractivity (Wildman–Crippen MR) is 107 cm³/mol. The van der Waals surface area contributed by atoms with Gasteiger partial charge in [-0.1, -0.05) is 30.3 Å². The SMILES string of the molecule is Cc1ccc(NC(=O)/C=C\C(=O)OC(=O)CC2CCc3ccccc32)cc1C. The van der Waals surface area contributed by atoms with Crippen LogP contribution in [0.2, 0.25) is 0 Å². The van der Waals surface area contributed by atoms with Gasteiger partial charge in [0, 0.05) is 17.8 Å². The molecule has 3 rings (SSSR count). The monoisotopic (exact) mass is 377 g/mol. The minimum atomic E-state index is -0.841. The molecule has 0 saturated carbocycles. The van der Waals surface area contributed by atoms with E-state index >= 15 is 0 Å². The van der Waals surface area contributed by atoms with E-state index in [2.05, 4.69) is 11.4 Å². The molecular formula is C23H23NO4. The summed E-state index contributed by atoms with van der Waals surface area (Å²) in [7, 11) is 0. The second-order valence-corrected chi connectivity index (χ2v) is 7.05. The van der Waals surface area contributed by atoms with Crippen molar-refractivity contribution in [1.29, 1.82) is 0 Å². The predicted octanol–water partition coefficient (Wildman–Crippen LogP) is 3.99. The minimum absolute atomic E-state index is 0.0774. The maximum absolute atomic E-state index is 12.0. The van der Waals surface area contributed by atoms with Crippen LogP contribution in [0, 0.1) is 13.8 Å². The largest absolute Gasteiger partial charge is 0.390 e. The van der Waals surface area contributed by atoms with Crippen molar-refractivity contribution in [3.05, 3.63) is 76.9 Å². The molecule has 5 heteroatoms. The Morgan fingerprint density at radius 3 is 2.64 bits per heavy atom. The summed E-state index contributed by atoms with van der Waals surface area (Å²) in [5, 5.41) is 2.67. The number of anilines is 1. The van der Waals surface area contributed by atoms with Gasteiger partial charge in [-0.05, 0) is 67.0 Å². The highest BCUT2D eigenvalue weighted by atomic mass is 16.6. The molecule has 0 heterocycles. The zero-order valence-electron chi connectivity index (χ0n) is 16.0. The van der Waals surface area contributed by atoms with Gasteiger partial charge in [0.2, 0.25) is 5.91 Å². The summed E-state index contributed by atoms with van der Waals surface area (Å²) in [4.78, 5) is 35.8. The molecule has 0 aliphatic heterocycles. The molecule has 2 aromatic rings. The van der Waals surface area contributed by atoms with Crippen molar-refractivity contribution < 1.29 is 19.1 Å². The molecule has 5 nitrogen and oxygen atoms in total. The van der Waals surface area contributed by atoms with Gasteiger partial charge in [-0.3, -0.25) is 9.59 Å². The Balaban J connectivity index is 1.48. The molecule has 1 N–H and O–H groups in total. The minimum Gasteiger partial charge on any atom is -0.390 e. The van der Waals surface area contributed by atoms with Crippen LogP contribution in [0.4, 0.5) is 5.69 Å². The van der Waals surface area contributed by atoms with Crippen molar-refractivity contribution in [2.75, 3.05) is 5.32 Å².